The third-order valence-corrected chi connectivity index (χ3v) is 4.02. The van der Waals surface area contributed by atoms with E-state index in [1.54, 1.807) is 19.1 Å². The molecule has 0 aliphatic carbocycles. The molecule has 1 aliphatic rings. The summed E-state index contributed by atoms with van der Waals surface area (Å²) in [4.78, 5) is 27.2. The average Bonchev–Trinajstić information content (AvgIpc) is 2.47. The molecule has 1 fully saturated rings. The van der Waals surface area contributed by atoms with E-state index in [2.05, 4.69) is 31.7 Å². The van der Waals surface area contributed by atoms with E-state index in [-0.39, 0.29) is 17.4 Å². The topological polar surface area (TPSA) is 65.1 Å². The van der Waals surface area contributed by atoms with E-state index < -0.39 is 0 Å². The summed E-state index contributed by atoms with van der Waals surface area (Å²) in [7, 11) is 0. The van der Waals surface area contributed by atoms with Crippen molar-refractivity contribution in [3.8, 4) is 0 Å². The second-order valence-electron chi connectivity index (χ2n) is 5.93. The maximum absolute atomic E-state index is 13.0. The second-order valence-corrected chi connectivity index (χ2v) is 5.93. The van der Waals surface area contributed by atoms with Gasteiger partial charge in [0.15, 0.2) is 0 Å². The summed E-state index contributed by atoms with van der Waals surface area (Å²) in [5.74, 6) is 1.11. The Morgan fingerprint density at radius 2 is 2.22 bits per heavy atom. The summed E-state index contributed by atoms with van der Waals surface area (Å²) in [6.45, 7) is 7.05. The molecular formula is C16H20FN5O. The lowest BCUT2D eigenvalue weighted by Gasteiger charge is -2.40. The molecule has 2 aromatic rings. The molecule has 1 N–H and O–H groups in total. The molecule has 0 bridgehead atoms. The number of pyridine rings is 1. The van der Waals surface area contributed by atoms with Crippen molar-refractivity contribution >= 4 is 5.82 Å². The lowest BCUT2D eigenvalue weighted by molar-refractivity contribution is 0.217. The first-order valence-corrected chi connectivity index (χ1v) is 7.68. The number of hydrogen-bond donors (Lipinski definition) is 1. The molecule has 122 valence electrons. The van der Waals surface area contributed by atoms with Gasteiger partial charge < -0.3 is 9.88 Å². The van der Waals surface area contributed by atoms with Crippen molar-refractivity contribution in [2.75, 3.05) is 24.5 Å². The third kappa shape index (κ3) is 3.73. The van der Waals surface area contributed by atoms with Gasteiger partial charge in [-0.3, -0.25) is 9.69 Å². The fourth-order valence-corrected chi connectivity index (χ4v) is 3.01. The number of anilines is 1. The van der Waals surface area contributed by atoms with E-state index in [4.69, 9.17) is 0 Å². The van der Waals surface area contributed by atoms with Crippen LogP contribution in [-0.2, 0) is 6.54 Å². The largest absolute Gasteiger partial charge is 0.351 e. The number of hydrogen-bond acceptors (Lipinski definition) is 5. The summed E-state index contributed by atoms with van der Waals surface area (Å²) in [6, 6.07) is 4.95. The number of aromatic nitrogens is 3. The molecule has 0 spiro atoms. The van der Waals surface area contributed by atoms with Crippen LogP contribution in [0.2, 0.25) is 0 Å². The fourth-order valence-electron chi connectivity index (χ4n) is 3.01. The summed E-state index contributed by atoms with van der Waals surface area (Å²) in [6.07, 6.45) is 1.25. The fraction of sp³-hybridized carbons (Fsp3) is 0.438. The molecule has 0 saturated carbocycles. The Morgan fingerprint density at radius 1 is 1.39 bits per heavy atom. The SMILES string of the molecule is Cc1nc(CN2CCN(c3ccc(F)cn3)C(C)C2)cc(=O)[nH]1. The van der Waals surface area contributed by atoms with Gasteiger partial charge in [-0.15, -0.1) is 0 Å². The van der Waals surface area contributed by atoms with Crippen LogP contribution in [0.3, 0.4) is 0 Å². The molecule has 1 saturated heterocycles. The Balaban J connectivity index is 1.66. The summed E-state index contributed by atoms with van der Waals surface area (Å²) >= 11 is 0. The van der Waals surface area contributed by atoms with Gasteiger partial charge in [-0.1, -0.05) is 0 Å². The smallest absolute Gasteiger partial charge is 0.251 e. The quantitative estimate of drug-likeness (QED) is 0.925. The zero-order chi connectivity index (χ0) is 16.4. The van der Waals surface area contributed by atoms with Gasteiger partial charge in [0.2, 0.25) is 0 Å². The highest BCUT2D eigenvalue weighted by molar-refractivity contribution is 5.40. The van der Waals surface area contributed by atoms with Crippen molar-refractivity contribution in [3.63, 3.8) is 0 Å². The van der Waals surface area contributed by atoms with Gasteiger partial charge in [0.05, 0.1) is 11.9 Å². The molecule has 7 heteroatoms. The Labute approximate surface area is 134 Å². The zero-order valence-corrected chi connectivity index (χ0v) is 13.3. The lowest BCUT2D eigenvalue weighted by atomic mass is 10.1. The Hall–Kier alpha value is -2.28. The van der Waals surface area contributed by atoms with Crippen LogP contribution in [0.5, 0.6) is 0 Å². The minimum Gasteiger partial charge on any atom is -0.351 e. The van der Waals surface area contributed by atoms with Crippen LogP contribution in [0.25, 0.3) is 0 Å². The maximum atomic E-state index is 13.0. The molecular weight excluding hydrogens is 297 g/mol. The normalized spacial score (nSPS) is 19.1. The van der Waals surface area contributed by atoms with E-state index in [0.717, 1.165) is 31.1 Å². The first-order chi connectivity index (χ1) is 11.0. The van der Waals surface area contributed by atoms with Crippen molar-refractivity contribution in [2.24, 2.45) is 0 Å². The highest BCUT2D eigenvalue weighted by Gasteiger charge is 2.25. The molecule has 1 atom stereocenters. The number of nitrogens with zero attached hydrogens (tertiary/aromatic N) is 4. The van der Waals surface area contributed by atoms with Gasteiger partial charge in [-0.25, -0.2) is 14.4 Å². The minimum absolute atomic E-state index is 0.116. The number of nitrogens with one attached hydrogen (secondary N) is 1. The summed E-state index contributed by atoms with van der Waals surface area (Å²) in [5.41, 5.74) is 0.668. The highest BCUT2D eigenvalue weighted by atomic mass is 19.1. The van der Waals surface area contributed by atoms with E-state index in [0.29, 0.717) is 12.4 Å². The van der Waals surface area contributed by atoms with Crippen LogP contribution in [-0.4, -0.2) is 45.5 Å². The van der Waals surface area contributed by atoms with Crippen molar-refractivity contribution in [1.29, 1.82) is 0 Å². The first-order valence-electron chi connectivity index (χ1n) is 7.68. The number of H-pyrrole nitrogens is 1. The molecule has 0 amide bonds. The molecule has 1 unspecified atom stereocenters. The number of aromatic amines is 1. The van der Waals surface area contributed by atoms with Crippen LogP contribution >= 0.6 is 0 Å². The van der Waals surface area contributed by atoms with Crippen molar-refractivity contribution in [2.45, 2.75) is 26.4 Å². The van der Waals surface area contributed by atoms with Crippen molar-refractivity contribution in [3.05, 3.63) is 52.1 Å². The van der Waals surface area contributed by atoms with Crippen LogP contribution in [0, 0.1) is 12.7 Å². The molecule has 0 radical (unpaired) electrons. The number of aryl methyl sites for hydroxylation is 1. The lowest BCUT2D eigenvalue weighted by Crippen LogP contribution is -2.52. The predicted octanol–water partition coefficient (Wildman–Crippen LogP) is 1.32. The molecule has 0 aromatic carbocycles. The minimum atomic E-state index is -0.323. The number of halogens is 1. The zero-order valence-electron chi connectivity index (χ0n) is 13.3. The molecule has 3 rings (SSSR count). The second kappa shape index (κ2) is 6.45. The highest BCUT2D eigenvalue weighted by Crippen LogP contribution is 2.19. The standard InChI is InChI=1S/C16H20FN5O/c1-11-9-21(10-14-7-16(23)20-12(2)19-14)5-6-22(11)15-4-3-13(17)8-18-15/h3-4,7-8,11H,5-6,9-10H2,1-2H3,(H,19,20,23). The average molecular weight is 317 g/mol. The molecule has 23 heavy (non-hydrogen) atoms. The van der Waals surface area contributed by atoms with Crippen LogP contribution in [0.4, 0.5) is 10.2 Å². The summed E-state index contributed by atoms with van der Waals surface area (Å²) in [5, 5.41) is 0. The maximum Gasteiger partial charge on any atom is 0.251 e. The van der Waals surface area contributed by atoms with Crippen LogP contribution in [0.1, 0.15) is 18.4 Å². The molecule has 3 heterocycles. The predicted molar refractivity (Wildman–Crippen MR) is 85.9 cm³/mol. The molecule has 6 nitrogen and oxygen atoms in total. The Morgan fingerprint density at radius 3 is 2.87 bits per heavy atom. The van der Waals surface area contributed by atoms with Gasteiger partial charge in [-0.2, -0.15) is 0 Å². The molecule has 2 aromatic heterocycles. The van der Waals surface area contributed by atoms with Crippen LogP contribution in [0.15, 0.2) is 29.2 Å². The van der Waals surface area contributed by atoms with Crippen molar-refractivity contribution < 1.29 is 4.39 Å². The summed E-state index contributed by atoms with van der Waals surface area (Å²) < 4.78 is 13.0. The van der Waals surface area contributed by atoms with E-state index >= 15 is 0 Å². The Bertz CT molecular complexity index is 730. The van der Waals surface area contributed by atoms with Gasteiger partial charge in [0, 0.05) is 38.3 Å². The van der Waals surface area contributed by atoms with Gasteiger partial charge in [-0.05, 0) is 26.0 Å². The molecule has 1 aliphatic heterocycles. The first kappa shape index (κ1) is 15.6. The van der Waals surface area contributed by atoms with Gasteiger partial charge in [0.1, 0.15) is 17.5 Å². The number of piperazine rings is 1. The third-order valence-electron chi connectivity index (χ3n) is 4.02. The van der Waals surface area contributed by atoms with Gasteiger partial charge >= 0.3 is 0 Å². The number of rotatable bonds is 3. The monoisotopic (exact) mass is 317 g/mol. The Kier molecular flexibility index (Phi) is 4.38. The van der Waals surface area contributed by atoms with E-state index in [1.165, 1.54) is 12.3 Å². The van der Waals surface area contributed by atoms with E-state index in [1.807, 2.05) is 0 Å². The van der Waals surface area contributed by atoms with Crippen LogP contribution < -0.4 is 10.5 Å². The van der Waals surface area contributed by atoms with Crippen molar-refractivity contribution in [1.82, 2.24) is 19.9 Å². The van der Waals surface area contributed by atoms with Gasteiger partial charge in [0.25, 0.3) is 5.56 Å². The van der Waals surface area contributed by atoms with E-state index in [9.17, 15) is 9.18 Å².